The fourth-order valence-electron chi connectivity index (χ4n) is 3.14. The molecule has 0 unspecified atom stereocenters. The Morgan fingerprint density at radius 3 is 1.89 bits per heavy atom. The van der Waals surface area contributed by atoms with Crippen molar-refractivity contribution in [1.29, 1.82) is 0 Å². The number of hydrogen-bond acceptors (Lipinski definition) is 3. The zero-order valence-corrected chi connectivity index (χ0v) is 16.1. The number of halogens is 7. The van der Waals surface area contributed by atoms with E-state index in [9.17, 15) is 22.0 Å². The van der Waals surface area contributed by atoms with E-state index in [0.717, 1.165) is 6.07 Å². The van der Waals surface area contributed by atoms with Gasteiger partial charge in [0.25, 0.3) is 0 Å². The number of alkyl halides is 3. The quantitative estimate of drug-likeness (QED) is 0.691. The van der Waals surface area contributed by atoms with Crippen LogP contribution in [0.1, 0.15) is 17.2 Å². The maximum Gasteiger partial charge on any atom is 0.573 e. The minimum absolute atomic E-state index is 0. The van der Waals surface area contributed by atoms with Crippen molar-refractivity contribution < 1.29 is 26.7 Å². The van der Waals surface area contributed by atoms with Crippen LogP contribution >= 0.6 is 24.8 Å². The van der Waals surface area contributed by atoms with Gasteiger partial charge in [-0.15, -0.1) is 38.0 Å². The van der Waals surface area contributed by atoms with Crippen molar-refractivity contribution in [3.63, 3.8) is 0 Å². The number of rotatable bonds is 4. The van der Waals surface area contributed by atoms with Gasteiger partial charge in [-0.1, -0.05) is 12.1 Å². The SMILES string of the molecule is Cl.Cl.Fc1cc(F)cc([C@H](c2ccc(OC(F)(F)F)cc2)N2CCNCC2)c1. The van der Waals surface area contributed by atoms with Crippen LogP contribution in [0.3, 0.4) is 0 Å². The predicted octanol–water partition coefficient (Wildman–Crippen LogP) is 4.70. The maximum atomic E-state index is 13.7. The lowest BCUT2D eigenvalue weighted by Gasteiger charge is -2.35. The molecule has 1 aliphatic rings. The third-order valence-corrected chi connectivity index (χ3v) is 4.15. The Morgan fingerprint density at radius 2 is 1.39 bits per heavy atom. The number of piperazine rings is 1. The van der Waals surface area contributed by atoms with Crippen LogP contribution in [0.15, 0.2) is 42.5 Å². The first-order chi connectivity index (χ1) is 12.3. The lowest BCUT2D eigenvalue weighted by molar-refractivity contribution is -0.274. The lowest BCUT2D eigenvalue weighted by Crippen LogP contribution is -2.45. The summed E-state index contributed by atoms with van der Waals surface area (Å²) in [6, 6.07) is 8.18. The molecule has 0 aromatic heterocycles. The van der Waals surface area contributed by atoms with E-state index < -0.39 is 24.0 Å². The first-order valence-electron chi connectivity index (χ1n) is 8.08. The van der Waals surface area contributed by atoms with Crippen molar-refractivity contribution in [2.45, 2.75) is 12.4 Å². The second-order valence-electron chi connectivity index (χ2n) is 6.01. The largest absolute Gasteiger partial charge is 0.573 e. The van der Waals surface area contributed by atoms with Gasteiger partial charge in [-0.05, 0) is 35.4 Å². The molecule has 28 heavy (non-hydrogen) atoms. The molecule has 10 heteroatoms. The summed E-state index contributed by atoms with van der Waals surface area (Å²) < 4.78 is 68.3. The first-order valence-corrected chi connectivity index (χ1v) is 8.08. The summed E-state index contributed by atoms with van der Waals surface area (Å²) in [7, 11) is 0. The molecule has 156 valence electrons. The molecule has 0 bridgehead atoms. The summed E-state index contributed by atoms with van der Waals surface area (Å²) in [5.41, 5.74) is 1.04. The molecular weight excluding hydrogens is 426 g/mol. The zero-order chi connectivity index (χ0) is 18.7. The van der Waals surface area contributed by atoms with Crippen LogP contribution in [-0.4, -0.2) is 37.4 Å². The number of nitrogens with one attached hydrogen (secondary N) is 1. The Balaban J connectivity index is 0.00000196. The second kappa shape index (κ2) is 10.2. The average molecular weight is 445 g/mol. The Hall–Kier alpha value is -1.61. The highest BCUT2D eigenvalue weighted by molar-refractivity contribution is 5.85. The molecule has 1 saturated heterocycles. The molecule has 0 radical (unpaired) electrons. The van der Waals surface area contributed by atoms with Crippen LogP contribution < -0.4 is 10.1 Å². The highest BCUT2D eigenvalue weighted by Gasteiger charge is 2.31. The lowest BCUT2D eigenvalue weighted by atomic mass is 9.96. The number of benzene rings is 2. The highest BCUT2D eigenvalue weighted by atomic mass is 35.5. The maximum absolute atomic E-state index is 13.7. The topological polar surface area (TPSA) is 24.5 Å². The van der Waals surface area contributed by atoms with Crippen molar-refractivity contribution in [3.05, 3.63) is 65.2 Å². The van der Waals surface area contributed by atoms with Gasteiger partial charge in [0.05, 0.1) is 6.04 Å². The van der Waals surface area contributed by atoms with E-state index in [4.69, 9.17) is 0 Å². The minimum atomic E-state index is -4.77. The molecule has 0 aliphatic carbocycles. The zero-order valence-electron chi connectivity index (χ0n) is 14.5. The van der Waals surface area contributed by atoms with Crippen molar-refractivity contribution in [2.24, 2.45) is 0 Å². The standard InChI is InChI=1S/C18H17F5N2O.2ClH/c19-14-9-13(10-15(20)11-14)17(25-7-5-24-6-8-25)12-1-3-16(4-2-12)26-18(21,22)23;;/h1-4,9-11,17,24H,5-8H2;2*1H/t17-;;/m0../s1. The predicted molar refractivity (Wildman–Crippen MR) is 100 cm³/mol. The van der Waals surface area contributed by atoms with Crippen LogP contribution in [0.5, 0.6) is 5.75 Å². The molecule has 1 N–H and O–H groups in total. The van der Waals surface area contributed by atoms with Crippen LogP contribution in [0, 0.1) is 11.6 Å². The van der Waals surface area contributed by atoms with E-state index >= 15 is 0 Å². The summed E-state index contributed by atoms with van der Waals surface area (Å²) in [5, 5.41) is 3.20. The molecule has 0 spiro atoms. The van der Waals surface area contributed by atoms with Gasteiger partial charge in [0.1, 0.15) is 17.4 Å². The normalized spacial score (nSPS) is 15.9. The summed E-state index contributed by atoms with van der Waals surface area (Å²) >= 11 is 0. The van der Waals surface area contributed by atoms with Crippen molar-refractivity contribution >= 4 is 24.8 Å². The third-order valence-electron chi connectivity index (χ3n) is 4.15. The number of nitrogens with zero attached hydrogens (tertiary/aromatic N) is 1. The van der Waals surface area contributed by atoms with Crippen molar-refractivity contribution in [3.8, 4) is 5.75 Å². The van der Waals surface area contributed by atoms with Gasteiger partial charge in [-0.2, -0.15) is 0 Å². The van der Waals surface area contributed by atoms with Crippen LogP contribution in [-0.2, 0) is 0 Å². The van der Waals surface area contributed by atoms with Gasteiger partial charge >= 0.3 is 6.36 Å². The Bertz CT molecular complexity index is 732. The fourth-order valence-corrected chi connectivity index (χ4v) is 3.14. The fraction of sp³-hybridized carbons (Fsp3) is 0.333. The van der Waals surface area contributed by atoms with Gasteiger partial charge in [-0.25, -0.2) is 8.78 Å². The van der Waals surface area contributed by atoms with Gasteiger partial charge in [0, 0.05) is 32.2 Å². The summed E-state index contributed by atoms with van der Waals surface area (Å²) in [6.45, 7) is 2.71. The molecule has 1 heterocycles. The van der Waals surface area contributed by atoms with E-state index in [2.05, 4.69) is 10.1 Å². The molecule has 2 aromatic carbocycles. The Kier molecular flexibility index (Phi) is 8.94. The third kappa shape index (κ3) is 6.48. The molecule has 1 aliphatic heterocycles. The van der Waals surface area contributed by atoms with E-state index in [0.29, 0.717) is 37.3 Å². The number of ether oxygens (including phenoxy) is 1. The molecule has 1 atom stereocenters. The van der Waals surface area contributed by atoms with Crippen molar-refractivity contribution in [1.82, 2.24) is 10.2 Å². The van der Waals surface area contributed by atoms with E-state index in [1.54, 1.807) is 0 Å². The second-order valence-corrected chi connectivity index (χ2v) is 6.01. The molecule has 0 saturated carbocycles. The molecule has 1 fully saturated rings. The molecule has 2 aromatic rings. The van der Waals surface area contributed by atoms with Gasteiger partial charge in [0.2, 0.25) is 0 Å². The van der Waals surface area contributed by atoms with Gasteiger partial charge in [-0.3, -0.25) is 4.90 Å². The monoisotopic (exact) mass is 444 g/mol. The van der Waals surface area contributed by atoms with Gasteiger partial charge < -0.3 is 10.1 Å². The van der Waals surface area contributed by atoms with Crippen molar-refractivity contribution in [2.75, 3.05) is 26.2 Å². The van der Waals surface area contributed by atoms with Crippen LogP contribution in [0.4, 0.5) is 22.0 Å². The minimum Gasteiger partial charge on any atom is -0.406 e. The summed E-state index contributed by atoms with van der Waals surface area (Å²) in [6.07, 6.45) is -4.77. The van der Waals surface area contributed by atoms with E-state index in [-0.39, 0.29) is 30.6 Å². The van der Waals surface area contributed by atoms with E-state index in [1.165, 1.54) is 36.4 Å². The first kappa shape index (κ1) is 24.4. The Labute approximate surface area is 171 Å². The average Bonchev–Trinajstić information content (AvgIpc) is 2.55. The molecule has 3 rings (SSSR count). The smallest absolute Gasteiger partial charge is 0.406 e. The van der Waals surface area contributed by atoms with Crippen LogP contribution in [0.25, 0.3) is 0 Å². The summed E-state index contributed by atoms with van der Waals surface area (Å²) in [4.78, 5) is 2.03. The van der Waals surface area contributed by atoms with Gasteiger partial charge in [0.15, 0.2) is 0 Å². The molecule has 0 amide bonds. The highest BCUT2D eigenvalue weighted by Crippen LogP contribution is 2.32. The molecule has 3 nitrogen and oxygen atoms in total. The summed E-state index contributed by atoms with van der Waals surface area (Å²) in [5.74, 6) is -1.74. The van der Waals surface area contributed by atoms with Crippen LogP contribution in [0.2, 0.25) is 0 Å². The number of hydrogen-bond donors (Lipinski definition) is 1. The molecular formula is C18H19Cl2F5N2O. The Morgan fingerprint density at radius 1 is 0.857 bits per heavy atom. The van der Waals surface area contributed by atoms with E-state index in [1.807, 2.05) is 4.90 Å².